The van der Waals surface area contributed by atoms with Gasteiger partial charge in [0.2, 0.25) is 0 Å². The van der Waals surface area contributed by atoms with E-state index in [-0.39, 0.29) is 12.8 Å². The Labute approximate surface area is 44.9 Å². The van der Waals surface area contributed by atoms with Crippen molar-refractivity contribution in [3.8, 4) is 0 Å². The first-order valence-electron chi connectivity index (χ1n) is 1.50. The molecule has 46 valence electrons. The molecule has 4 nitrogen and oxygen atoms in total. The van der Waals surface area contributed by atoms with E-state index >= 15 is 0 Å². The van der Waals surface area contributed by atoms with E-state index in [0.29, 0.717) is 0 Å². The van der Waals surface area contributed by atoms with Crippen LogP contribution in [0.25, 0.3) is 0 Å². The van der Waals surface area contributed by atoms with Crippen LogP contribution in [0.3, 0.4) is 0 Å². The summed E-state index contributed by atoms with van der Waals surface area (Å²) in [5.41, 5.74) is 0. The van der Waals surface area contributed by atoms with E-state index in [0.717, 1.165) is 0 Å². The second kappa shape index (κ2) is 6.03. The van der Waals surface area contributed by atoms with Crippen molar-refractivity contribution in [2.45, 2.75) is 6.92 Å². The summed E-state index contributed by atoms with van der Waals surface area (Å²) in [5.74, 6) is 0. The molecule has 0 heterocycles. The Bertz CT molecular complexity index is 56.9. The lowest BCUT2D eigenvalue weighted by Crippen LogP contribution is -1.92. The van der Waals surface area contributed by atoms with Crippen LogP contribution in [0, 0.1) is 0 Å². The summed E-state index contributed by atoms with van der Waals surface area (Å²) in [6.07, 6.45) is 0. The molecular weight excluding hydrogens is 118 g/mol. The Morgan fingerprint density at radius 3 is 2.29 bits per heavy atom. The SMILES string of the molecule is CCOS(=O)[O-].N. The van der Waals surface area contributed by atoms with E-state index in [1.54, 1.807) is 6.92 Å². The molecule has 0 saturated heterocycles. The van der Waals surface area contributed by atoms with Crippen molar-refractivity contribution >= 4 is 11.4 Å². The van der Waals surface area contributed by atoms with Crippen LogP contribution < -0.4 is 6.15 Å². The van der Waals surface area contributed by atoms with Crippen LogP contribution in [0.4, 0.5) is 0 Å². The third-order valence-corrected chi connectivity index (χ3v) is 0.642. The lowest BCUT2D eigenvalue weighted by atomic mass is 10.9. The summed E-state index contributed by atoms with van der Waals surface area (Å²) in [6, 6.07) is 0. The summed E-state index contributed by atoms with van der Waals surface area (Å²) < 4.78 is 22.7. The Kier molecular flexibility index (Phi) is 8.70. The molecule has 0 radical (unpaired) electrons. The molecule has 0 amide bonds. The minimum Gasteiger partial charge on any atom is -0.750 e. The van der Waals surface area contributed by atoms with Crippen LogP contribution in [-0.4, -0.2) is 15.4 Å². The molecule has 1 unspecified atom stereocenters. The summed E-state index contributed by atoms with van der Waals surface area (Å²) in [7, 11) is 0. The fourth-order valence-corrected chi connectivity index (χ4v) is 0.289. The molecule has 5 heteroatoms. The number of hydrogen-bond acceptors (Lipinski definition) is 4. The van der Waals surface area contributed by atoms with Crippen LogP contribution in [0.2, 0.25) is 0 Å². The molecule has 0 aromatic heterocycles. The van der Waals surface area contributed by atoms with Crippen molar-refractivity contribution in [2.75, 3.05) is 6.61 Å². The van der Waals surface area contributed by atoms with Gasteiger partial charge in [0.05, 0.1) is 18.0 Å². The highest BCUT2D eigenvalue weighted by molar-refractivity contribution is 7.74. The first-order valence-corrected chi connectivity index (χ1v) is 2.50. The maximum atomic E-state index is 9.38. The average Bonchev–Trinajstić information content (AvgIpc) is 1.35. The highest BCUT2D eigenvalue weighted by atomic mass is 32.2. The zero-order valence-corrected chi connectivity index (χ0v) is 4.86. The Morgan fingerprint density at radius 1 is 1.86 bits per heavy atom. The van der Waals surface area contributed by atoms with Crippen molar-refractivity contribution in [1.82, 2.24) is 6.15 Å². The smallest absolute Gasteiger partial charge is 0.0841 e. The van der Waals surface area contributed by atoms with Gasteiger partial charge in [0.1, 0.15) is 0 Å². The van der Waals surface area contributed by atoms with Gasteiger partial charge in [0.15, 0.2) is 0 Å². The van der Waals surface area contributed by atoms with Gasteiger partial charge in [0, 0.05) is 0 Å². The minimum atomic E-state index is -2.32. The van der Waals surface area contributed by atoms with Gasteiger partial charge in [-0.1, -0.05) is 0 Å². The highest BCUT2D eigenvalue weighted by Crippen LogP contribution is 1.72. The first kappa shape index (κ1) is 10.1. The van der Waals surface area contributed by atoms with Gasteiger partial charge < -0.3 is 14.9 Å². The number of hydrogen-bond donors (Lipinski definition) is 1. The Balaban J connectivity index is 0. The molecule has 0 aliphatic carbocycles. The molecule has 1 atom stereocenters. The van der Waals surface area contributed by atoms with Crippen molar-refractivity contribution in [3.63, 3.8) is 0 Å². The molecule has 0 aromatic rings. The van der Waals surface area contributed by atoms with Crippen molar-refractivity contribution < 1.29 is 12.9 Å². The normalized spacial score (nSPS) is 12.3. The fourth-order valence-electron chi connectivity index (χ4n) is 0.0962. The molecule has 7 heavy (non-hydrogen) atoms. The molecular formula is C2H8NO3S-. The Morgan fingerprint density at radius 2 is 2.29 bits per heavy atom. The van der Waals surface area contributed by atoms with Crippen molar-refractivity contribution in [1.29, 1.82) is 0 Å². The predicted octanol–water partition coefficient (Wildman–Crippen LogP) is -0.0210. The van der Waals surface area contributed by atoms with Gasteiger partial charge >= 0.3 is 0 Å². The van der Waals surface area contributed by atoms with Gasteiger partial charge in [-0.3, -0.25) is 0 Å². The third-order valence-electron chi connectivity index (χ3n) is 0.214. The lowest BCUT2D eigenvalue weighted by Gasteiger charge is -1.98. The summed E-state index contributed by atoms with van der Waals surface area (Å²) in [5, 5.41) is 0. The van der Waals surface area contributed by atoms with Gasteiger partial charge in [-0.2, -0.15) is 0 Å². The molecule has 0 fully saturated rings. The van der Waals surface area contributed by atoms with E-state index in [4.69, 9.17) is 0 Å². The van der Waals surface area contributed by atoms with Crippen LogP contribution in [-0.2, 0) is 15.5 Å². The monoisotopic (exact) mass is 126 g/mol. The van der Waals surface area contributed by atoms with Crippen LogP contribution in [0.15, 0.2) is 0 Å². The standard InChI is InChI=1S/C2H6O3S.H3N/c1-2-5-6(3)4;/h2H2,1H3,(H,3,4);1H3/p-1. The largest absolute Gasteiger partial charge is 0.750 e. The van der Waals surface area contributed by atoms with Gasteiger partial charge in [-0.15, -0.1) is 0 Å². The molecule has 0 aromatic carbocycles. The maximum absolute atomic E-state index is 9.38. The van der Waals surface area contributed by atoms with E-state index in [1.165, 1.54) is 0 Å². The van der Waals surface area contributed by atoms with Crippen molar-refractivity contribution in [2.24, 2.45) is 0 Å². The second-order valence-corrected chi connectivity index (χ2v) is 1.25. The fraction of sp³-hybridized carbons (Fsp3) is 1.00. The molecule has 0 rings (SSSR count). The van der Waals surface area contributed by atoms with E-state index in [9.17, 15) is 8.76 Å². The molecule has 0 spiro atoms. The number of rotatable bonds is 2. The minimum absolute atomic E-state index is 0. The van der Waals surface area contributed by atoms with Crippen molar-refractivity contribution in [3.05, 3.63) is 0 Å². The summed E-state index contributed by atoms with van der Waals surface area (Å²) in [4.78, 5) is 0. The lowest BCUT2D eigenvalue weighted by molar-refractivity contribution is 0.318. The van der Waals surface area contributed by atoms with Gasteiger partial charge in [0.25, 0.3) is 0 Å². The molecule has 0 aliphatic rings. The van der Waals surface area contributed by atoms with Crippen LogP contribution >= 0.6 is 0 Å². The van der Waals surface area contributed by atoms with Crippen LogP contribution in [0.5, 0.6) is 0 Å². The highest BCUT2D eigenvalue weighted by Gasteiger charge is 1.70. The van der Waals surface area contributed by atoms with E-state index in [1.807, 2.05) is 0 Å². The quantitative estimate of drug-likeness (QED) is 0.527. The second-order valence-electron chi connectivity index (χ2n) is 0.611. The molecule has 0 saturated carbocycles. The zero-order chi connectivity index (χ0) is 4.99. The first-order chi connectivity index (χ1) is 2.77. The predicted molar refractivity (Wildman–Crippen MR) is 25.6 cm³/mol. The summed E-state index contributed by atoms with van der Waals surface area (Å²) >= 11 is -2.32. The van der Waals surface area contributed by atoms with E-state index < -0.39 is 11.4 Å². The van der Waals surface area contributed by atoms with Crippen LogP contribution in [0.1, 0.15) is 6.92 Å². The summed E-state index contributed by atoms with van der Waals surface area (Å²) in [6.45, 7) is 1.83. The van der Waals surface area contributed by atoms with Gasteiger partial charge in [-0.05, 0) is 6.92 Å². The Hall–Kier alpha value is 0.0300. The zero-order valence-electron chi connectivity index (χ0n) is 4.05. The average molecular weight is 126 g/mol. The maximum Gasteiger partial charge on any atom is 0.0841 e. The topological polar surface area (TPSA) is 84.4 Å². The molecule has 3 N–H and O–H groups in total. The van der Waals surface area contributed by atoms with E-state index in [2.05, 4.69) is 4.18 Å². The van der Waals surface area contributed by atoms with Gasteiger partial charge in [-0.25, -0.2) is 4.21 Å². The molecule has 0 aliphatic heterocycles. The molecule has 0 bridgehead atoms. The third kappa shape index (κ3) is 10.7.